The van der Waals surface area contributed by atoms with Gasteiger partial charge in [-0.15, -0.1) is 0 Å². The topological polar surface area (TPSA) is 47.3 Å². The molecule has 2 unspecified atom stereocenters. The molecule has 2 rings (SSSR count). The minimum Gasteiger partial charge on any atom is -0.399 e. The predicted octanol–water partition coefficient (Wildman–Crippen LogP) is 2.06. The van der Waals surface area contributed by atoms with Gasteiger partial charge in [0.1, 0.15) is 5.82 Å². The van der Waals surface area contributed by atoms with Crippen LogP contribution in [-0.4, -0.2) is 18.2 Å². The third-order valence-electron chi connectivity index (χ3n) is 3.65. The highest BCUT2D eigenvalue weighted by Crippen LogP contribution is 2.25. The third-order valence-corrected chi connectivity index (χ3v) is 3.65. The molecule has 17 heavy (non-hydrogen) atoms. The van der Waals surface area contributed by atoms with Gasteiger partial charge in [0.15, 0.2) is 0 Å². The van der Waals surface area contributed by atoms with Crippen LogP contribution in [0, 0.1) is 5.82 Å². The zero-order valence-electron chi connectivity index (χ0n) is 10.3. The van der Waals surface area contributed by atoms with Crippen molar-refractivity contribution in [2.45, 2.75) is 38.5 Å². The van der Waals surface area contributed by atoms with E-state index in [0.29, 0.717) is 17.8 Å². The molecule has 3 N–H and O–H groups in total. The Hall–Kier alpha value is -1.13. The van der Waals surface area contributed by atoms with Crippen LogP contribution in [0.25, 0.3) is 0 Å². The molecule has 4 heteroatoms. The number of hydrogen-bond acceptors (Lipinski definition) is 3. The largest absolute Gasteiger partial charge is 0.399 e. The summed E-state index contributed by atoms with van der Waals surface area (Å²) in [5.41, 5.74) is 6.53. The monoisotopic (exact) mass is 238 g/mol. The van der Waals surface area contributed by atoms with Crippen LogP contribution in [0.5, 0.6) is 0 Å². The fourth-order valence-corrected chi connectivity index (χ4v) is 2.07. The normalized spacial score (nSPS) is 28.5. The number of rotatable bonds is 3. The Labute approximate surface area is 101 Å². The molecule has 0 aliphatic carbocycles. The molecule has 0 saturated carbocycles. The van der Waals surface area contributed by atoms with Gasteiger partial charge in [-0.1, -0.05) is 6.07 Å². The SMILES string of the molecule is CC1OCCC1(C)NCc1ccc(N)cc1F. The molecule has 0 bridgehead atoms. The van der Waals surface area contributed by atoms with Gasteiger partial charge in [-0.25, -0.2) is 4.39 Å². The Morgan fingerprint density at radius 1 is 1.59 bits per heavy atom. The summed E-state index contributed by atoms with van der Waals surface area (Å²) >= 11 is 0. The van der Waals surface area contributed by atoms with Gasteiger partial charge >= 0.3 is 0 Å². The molecule has 2 atom stereocenters. The lowest BCUT2D eigenvalue weighted by atomic mass is 9.94. The van der Waals surface area contributed by atoms with Crippen molar-refractivity contribution in [2.24, 2.45) is 0 Å². The van der Waals surface area contributed by atoms with Crippen LogP contribution in [0.1, 0.15) is 25.8 Å². The van der Waals surface area contributed by atoms with E-state index in [2.05, 4.69) is 12.2 Å². The summed E-state index contributed by atoms with van der Waals surface area (Å²) in [6, 6.07) is 4.80. The number of halogens is 1. The fraction of sp³-hybridized carbons (Fsp3) is 0.538. The molecule has 0 spiro atoms. The standard InChI is InChI=1S/C13H19FN2O/c1-9-13(2,5-6-17-9)16-8-10-3-4-11(15)7-12(10)14/h3-4,7,9,16H,5-6,8,15H2,1-2H3. The van der Waals surface area contributed by atoms with E-state index in [9.17, 15) is 4.39 Å². The highest BCUT2D eigenvalue weighted by atomic mass is 19.1. The van der Waals surface area contributed by atoms with Gasteiger partial charge in [0.25, 0.3) is 0 Å². The van der Waals surface area contributed by atoms with Crippen molar-refractivity contribution in [1.29, 1.82) is 0 Å². The molecule has 1 heterocycles. The average Bonchev–Trinajstić information content (AvgIpc) is 2.59. The fourth-order valence-electron chi connectivity index (χ4n) is 2.07. The summed E-state index contributed by atoms with van der Waals surface area (Å²) in [6.07, 6.45) is 1.10. The van der Waals surface area contributed by atoms with Crippen LogP contribution >= 0.6 is 0 Å². The summed E-state index contributed by atoms with van der Waals surface area (Å²) in [5.74, 6) is -0.257. The van der Waals surface area contributed by atoms with Crippen molar-refractivity contribution in [3.8, 4) is 0 Å². The van der Waals surface area contributed by atoms with E-state index in [0.717, 1.165) is 13.0 Å². The van der Waals surface area contributed by atoms with Gasteiger partial charge in [-0.2, -0.15) is 0 Å². The summed E-state index contributed by atoms with van der Waals surface area (Å²) < 4.78 is 19.1. The number of benzene rings is 1. The molecular weight excluding hydrogens is 219 g/mol. The average molecular weight is 238 g/mol. The lowest BCUT2D eigenvalue weighted by molar-refractivity contribution is 0.0880. The molecular formula is C13H19FN2O. The molecule has 1 saturated heterocycles. The van der Waals surface area contributed by atoms with E-state index in [4.69, 9.17) is 10.5 Å². The van der Waals surface area contributed by atoms with Gasteiger partial charge in [0.2, 0.25) is 0 Å². The summed E-state index contributed by atoms with van der Waals surface area (Å²) in [4.78, 5) is 0. The minimum absolute atomic E-state index is 0.0756. The van der Waals surface area contributed by atoms with E-state index in [1.807, 2.05) is 6.92 Å². The number of nitrogens with one attached hydrogen (secondary N) is 1. The van der Waals surface area contributed by atoms with E-state index in [-0.39, 0.29) is 17.5 Å². The van der Waals surface area contributed by atoms with E-state index in [1.54, 1.807) is 12.1 Å². The van der Waals surface area contributed by atoms with Crippen molar-refractivity contribution in [3.05, 3.63) is 29.6 Å². The van der Waals surface area contributed by atoms with Crippen molar-refractivity contribution in [3.63, 3.8) is 0 Å². The third kappa shape index (κ3) is 2.58. The number of hydrogen-bond donors (Lipinski definition) is 2. The zero-order chi connectivity index (χ0) is 12.5. The molecule has 0 radical (unpaired) electrons. The van der Waals surface area contributed by atoms with Crippen LogP contribution in [0.15, 0.2) is 18.2 Å². The maximum atomic E-state index is 13.6. The van der Waals surface area contributed by atoms with Crippen molar-refractivity contribution < 1.29 is 9.13 Å². The quantitative estimate of drug-likeness (QED) is 0.792. The molecule has 1 aromatic rings. The van der Waals surface area contributed by atoms with Gasteiger partial charge in [-0.05, 0) is 32.4 Å². The molecule has 1 aliphatic rings. The second kappa shape index (κ2) is 4.63. The number of anilines is 1. The van der Waals surface area contributed by atoms with E-state index < -0.39 is 0 Å². The second-order valence-corrected chi connectivity index (χ2v) is 4.88. The lowest BCUT2D eigenvalue weighted by Crippen LogP contribution is -2.47. The van der Waals surface area contributed by atoms with Crippen LogP contribution in [0.3, 0.4) is 0 Å². The Morgan fingerprint density at radius 2 is 2.35 bits per heavy atom. The first-order valence-corrected chi connectivity index (χ1v) is 5.92. The van der Waals surface area contributed by atoms with Crippen molar-refractivity contribution >= 4 is 5.69 Å². The van der Waals surface area contributed by atoms with Gasteiger partial charge in [0.05, 0.1) is 6.10 Å². The minimum atomic E-state index is -0.257. The Kier molecular flexibility index (Phi) is 3.35. The summed E-state index contributed by atoms with van der Waals surface area (Å²) in [5, 5.41) is 3.38. The number of ether oxygens (including phenoxy) is 1. The first-order valence-electron chi connectivity index (χ1n) is 5.92. The molecule has 94 valence electrons. The molecule has 1 aromatic carbocycles. The number of nitrogen functional groups attached to an aromatic ring is 1. The second-order valence-electron chi connectivity index (χ2n) is 4.88. The van der Waals surface area contributed by atoms with Crippen LogP contribution in [0.4, 0.5) is 10.1 Å². The molecule has 3 nitrogen and oxygen atoms in total. The van der Waals surface area contributed by atoms with Gasteiger partial charge < -0.3 is 15.8 Å². The smallest absolute Gasteiger partial charge is 0.129 e. The Morgan fingerprint density at radius 3 is 2.94 bits per heavy atom. The van der Waals surface area contributed by atoms with Crippen molar-refractivity contribution in [1.82, 2.24) is 5.32 Å². The van der Waals surface area contributed by atoms with Gasteiger partial charge in [-0.3, -0.25) is 0 Å². The first kappa shape index (κ1) is 12.3. The maximum absolute atomic E-state index is 13.6. The maximum Gasteiger partial charge on any atom is 0.129 e. The molecule has 0 aromatic heterocycles. The highest BCUT2D eigenvalue weighted by Gasteiger charge is 2.36. The Balaban J connectivity index is 2.02. The van der Waals surface area contributed by atoms with Gasteiger partial charge in [0, 0.05) is 29.9 Å². The van der Waals surface area contributed by atoms with E-state index in [1.165, 1.54) is 6.07 Å². The Bertz CT molecular complexity index is 410. The highest BCUT2D eigenvalue weighted by molar-refractivity contribution is 5.40. The predicted molar refractivity (Wildman–Crippen MR) is 66.1 cm³/mol. The summed E-state index contributed by atoms with van der Waals surface area (Å²) in [6.45, 7) is 5.41. The molecule has 0 amide bonds. The van der Waals surface area contributed by atoms with Crippen LogP contribution in [0.2, 0.25) is 0 Å². The summed E-state index contributed by atoms with van der Waals surface area (Å²) in [7, 11) is 0. The van der Waals surface area contributed by atoms with Crippen LogP contribution in [-0.2, 0) is 11.3 Å². The first-order chi connectivity index (χ1) is 8.01. The molecule has 1 fully saturated rings. The van der Waals surface area contributed by atoms with Crippen LogP contribution < -0.4 is 11.1 Å². The van der Waals surface area contributed by atoms with Crippen molar-refractivity contribution in [2.75, 3.05) is 12.3 Å². The zero-order valence-corrected chi connectivity index (χ0v) is 10.3. The van der Waals surface area contributed by atoms with E-state index >= 15 is 0 Å². The lowest BCUT2D eigenvalue weighted by Gasteiger charge is -2.29. The number of nitrogens with two attached hydrogens (primary N) is 1. The molecule has 1 aliphatic heterocycles.